The molecule has 0 aliphatic rings. The lowest BCUT2D eigenvalue weighted by Gasteiger charge is -2.19. The molecular formula is C24H18F6OS. The summed E-state index contributed by atoms with van der Waals surface area (Å²) >= 11 is 0.808. The van der Waals surface area contributed by atoms with Crippen LogP contribution in [0.25, 0.3) is 0 Å². The van der Waals surface area contributed by atoms with E-state index in [9.17, 15) is 31.1 Å². The summed E-state index contributed by atoms with van der Waals surface area (Å²) in [5.41, 5.74) is -0.752. The van der Waals surface area contributed by atoms with Crippen molar-refractivity contribution in [3.8, 4) is 0 Å². The fourth-order valence-electron chi connectivity index (χ4n) is 3.08. The number of carbonyl (C=O) groups is 1. The second-order valence-corrected chi connectivity index (χ2v) is 8.53. The third-order valence-electron chi connectivity index (χ3n) is 4.76. The Kier molecular flexibility index (Phi) is 7.03. The van der Waals surface area contributed by atoms with Gasteiger partial charge in [-0.25, -0.2) is 0 Å². The zero-order valence-corrected chi connectivity index (χ0v) is 17.6. The van der Waals surface area contributed by atoms with Crippen LogP contribution in [0.15, 0.2) is 77.7 Å². The zero-order valence-electron chi connectivity index (χ0n) is 16.8. The van der Waals surface area contributed by atoms with Gasteiger partial charge in [-0.3, -0.25) is 4.79 Å². The van der Waals surface area contributed by atoms with E-state index in [1.165, 1.54) is 0 Å². The van der Waals surface area contributed by atoms with E-state index in [0.717, 1.165) is 17.3 Å². The Balaban J connectivity index is 1.98. The quantitative estimate of drug-likeness (QED) is 0.206. The van der Waals surface area contributed by atoms with Crippen molar-refractivity contribution < 1.29 is 31.1 Å². The van der Waals surface area contributed by atoms with Crippen molar-refractivity contribution in [1.29, 1.82) is 0 Å². The lowest BCUT2D eigenvalue weighted by molar-refractivity contribution is -0.143. The molecule has 0 fully saturated rings. The van der Waals surface area contributed by atoms with E-state index in [0.29, 0.717) is 23.3 Å². The number of ketones is 1. The van der Waals surface area contributed by atoms with Crippen LogP contribution in [-0.2, 0) is 12.4 Å². The highest BCUT2D eigenvalue weighted by Crippen LogP contribution is 2.43. The number of rotatable bonds is 6. The molecule has 8 heteroatoms. The van der Waals surface area contributed by atoms with Crippen LogP contribution in [0.3, 0.4) is 0 Å². The van der Waals surface area contributed by atoms with E-state index in [4.69, 9.17) is 0 Å². The SMILES string of the molecule is Cc1ccc(C(=O)C[C@H](Sc2cc(C(F)(F)F)cc(C(F)(F)F)c2)c2ccccc2)cc1. The Labute approximate surface area is 185 Å². The smallest absolute Gasteiger partial charge is 0.294 e. The second kappa shape index (κ2) is 9.40. The van der Waals surface area contributed by atoms with Crippen LogP contribution in [0.5, 0.6) is 0 Å². The maximum atomic E-state index is 13.2. The number of hydrogen-bond donors (Lipinski definition) is 0. The Bertz CT molecular complexity index is 1040. The van der Waals surface area contributed by atoms with Gasteiger partial charge in [0.15, 0.2) is 5.78 Å². The highest BCUT2D eigenvalue weighted by atomic mass is 32.2. The molecule has 32 heavy (non-hydrogen) atoms. The fourth-order valence-corrected chi connectivity index (χ4v) is 4.33. The van der Waals surface area contributed by atoms with E-state index < -0.39 is 28.7 Å². The molecule has 1 atom stereocenters. The zero-order chi connectivity index (χ0) is 23.5. The van der Waals surface area contributed by atoms with Gasteiger partial charge in [0.1, 0.15) is 0 Å². The highest BCUT2D eigenvalue weighted by Gasteiger charge is 2.37. The lowest BCUT2D eigenvalue weighted by atomic mass is 10.0. The first kappa shape index (κ1) is 23.9. The molecule has 168 valence electrons. The van der Waals surface area contributed by atoms with E-state index >= 15 is 0 Å². The number of thioether (sulfide) groups is 1. The molecule has 0 aliphatic heterocycles. The van der Waals surface area contributed by atoms with Gasteiger partial charge in [-0.15, -0.1) is 11.8 Å². The number of halogens is 6. The Morgan fingerprint density at radius 1 is 0.812 bits per heavy atom. The van der Waals surface area contributed by atoms with E-state index in [1.807, 2.05) is 6.92 Å². The molecule has 3 aromatic rings. The molecule has 0 heterocycles. The van der Waals surface area contributed by atoms with Crippen molar-refractivity contribution in [3.05, 3.63) is 101 Å². The van der Waals surface area contributed by atoms with Crippen molar-refractivity contribution in [2.45, 2.75) is 35.8 Å². The largest absolute Gasteiger partial charge is 0.416 e. The van der Waals surface area contributed by atoms with Crippen molar-refractivity contribution in [1.82, 2.24) is 0 Å². The molecule has 0 spiro atoms. The lowest BCUT2D eigenvalue weighted by Crippen LogP contribution is -2.11. The molecule has 0 N–H and O–H groups in total. The van der Waals surface area contributed by atoms with Crippen LogP contribution in [0, 0.1) is 6.92 Å². The van der Waals surface area contributed by atoms with Gasteiger partial charge in [0.2, 0.25) is 0 Å². The summed E-state index contributed by atoms with van der Waals surface area (Å²) in [5.74, 6) is -0.255. The summed E-state index contributed by atoms with van der Waals surface area (Å²) in [6.45, 7) is 1.86. The van der Waals surface area contributed by atoms with Crippen LogP contribution in [0.4, 0.5) is 26.3 Å². The minimum absolute atomic E-state index is 0.0880. The highest BCUT2D eigenvalue weighted by molar-refractivity contribution is 7.99. The second-order valence-electron chi connectivity index (χ2n) is 7.25. The van der Waals surface area contributed by atoms with Gasteiger partial charge >= 0.3 is 12.4 Å². The van der Waals surface area contributed by atoms with Gasteiger partial charge in [0, 0.05) is 22.1 Å². The first-order valence-electron chi connectivity index (χ1n) is 9.54. The number of aryl methyl sites for hydroxylation is 1. The Hall–Kier alpha value is -2.74. The number of Topliss-reactive ketones (excluding diaryl/α,β-unsaturated/α-hetero) is 1. The first-order valence-corrected chi connectivity index (χ1v) is 10.4. The van der Waals surface area contributed by atoms with E-state index in [2.05, 4.69) is 0 Å². The topological polar surface area (TPSA) is 17.1 Å². The third-order valence-corrected chi connectivity index (χ3v) is 5.99. The molecule has 0 aliphatic carbocycles. The monoisotopic (exact) mass is 468 g/mol. The van der Waals surface area contributed by atoms with Gasteiger partial charge in [-0.05, 0) is 30.7 Å². The van der Waals surface area contributed by atoms with E-state index in [1.54, 1.807) is 54.6 Å². The average molecular weight is 468 g/mol. The predicted octanol–water partition coefficient (Wildman–Crippen LogP) is 8.14. The van der Waals surface area contributed by atoms with Crippen LogP contribution in [-0.4, -0.2) is 5.78 Å². The average Bonchev–Trinajstić information content (AvgIpc) is 2.73. The van der Waals surface area contributed by atoms with E-state index in [-0.39, 0.29) is 23.2 Å². The van der Waals surface area contributed by atoms with Crippen molar-refractivity contribution >= 4 is 17.5 Å². The van der Waals surface area contributed by atoms with Gasteiger partial charge in [0.05, 0.1) is 11.1 Å². The minimum Gasteiger partial charge on any atom is -0.294 e. The standard InChI is InChI=1S/C24H18F6OS/c1-15-7-9-16(10-8-15)21(31)14-22(17-5-3-2-4-6-17)32-20-12-18(23(25,26)27)11-19(13-20)24(28,29)30/h2-13,22H,14H2,1H3/t22-/m0/s1. The van der Waals surface area contributed by atoms with Crippen LogP contribution in [0.1, 0.15) is 44.3 Å². The third kappa shape index (κ3) is 6.16. The van der Waals surface area contributed by atoms with Crippen LogP contribution in [0.2, 0.25) is 0 Å². The maximum Gasteiger partial charge on any atom is 0.416 e. The summed E-state index contributed by atoms with van der Waals surface area (Å²) in [5, 5.41) is -0.672. The normalized spacial score (nSPS) is 13.1. The van der Waals surface area contributed by atoms with Gasteiger partial charge in [-0.1, -0.05) is 60.2 Å². The van der Waals surface area contributed by atoms with Crippen LogP contribution >= 0.6 is 11.8 Å². The fraction of sp³-hybridized carbons (Fsp3) is 0.208. The summed E-state index contributed by atoms with van der Waals surface area (Å²) in [4.78, 5) is 12.6. The molecule has 0 aromatic heterocycles. The molecule has 0 unspecified atom stereocenters. The summed E-state index contributed by atoms with van der Waals surface area (Å²) in [6, 6.07) is 16.8. The maximum absolute atomic E-state index is 13.2. The Morgan fingerprint density at radius 3 is 1.84 bits per heavy atom. The van der Waals surface area contributed by atoms with Gasteiger partial charge in [0.25, 0.3) is 0 Å². The van der Waals surface area contributed by atoms with Crippen molar-refractivity contribution in [2.24, 2.45) is 0 Å². The molecule has 0 bridgehead atoms. The van der Waals surface area contributed by atoms with Crippen molar-refractivity contribution in [3.63, 3.8) is 0 Å². The summed E-state index contributed by atoms with van der Waals surface area (Å²) in [6.07, 6.45) is -9.96. The Morgan fingerprint density at radius 2 is 1.34 bits per heavy atom. The number of alkyl halides is 6. The molecule has 0 saturated carbocycles. The molecule has 1 nitrogen and oxygen atoms in total. The predicted molar refractivity (Wildman–Crippen MR) is 112 cm³/mol. The molecule has 0 amide bonds. The number of benzene rings is 3. The summed E-state index contributed by atoms with van der Waals surface area (Å²) in [7, 11) is 0. The molecule has 3 rings (SSSR count). The molecule has 0 saturated heterocycles. The summed E-state index contributed by atoms with van der Waals surface area (Å²) < 4.78 is 79.4. The first-order chi connectivity index (χ1) is 14.9. The molecule has 0 radical (unpaired) electrons. The van der Waals surface area contributed by atoms with Gasteiger partial charge in [-0.2, -0.15) is 26.3 Å². The molecular weight excluding hydrogens is 450 g/mol. The van der Waals surface area contributed by atoms with Crippen LogP contribution < -0.4 is 0 Å². The minimum atomic E-state index is -4.93. The number of carbonyl (C=O) groups excluding carboxylic acids is 1. The number of hydrogen-bond acceptors (Lipinski definition) is 2. The van der Waals surface area contributed by atoms with Crippen molar-refractivity contribution in [2.75, 3.05) is 0 Å². The van der Waals surface area contributed by atoms with Gasteiger partial charge < -0.3 is 0 Å². The molecule has 3 aromatic carbocycles.